The van der Waals surface area contributed by atoms with Gasteiger partial charge in [-0.3, -0.25) is 4.79 Å². The fourth-order valence-corrected chi connectivity index (χ4v) is 1.98. The maximum absolute atomic E-state index is 13.7. The highest BCUT2D eigenvalue weighted by Crippen LogP contribution is 2.23. The number of carbonyl (C=O) groups is 2. The Bertz CT molecular complexity index is 684. The summed E-state index contributed by atoms with van der Waals surface area (Å²) in [6, 6.07) is 8.27. The average molecular weight is 275 g/mol. The lowest BCUT2D eigenvalue weighted by Crippen LogP contribution is -2.40. The van der Waals surface area contributed by atoms with Gasteiger partial charge in [0.25, 0.3) is 5.91 Å². The minimum atomic E-state index is -1.09. The van der Waals surface area contributed by atoms with Gasteiger partial charge in [-0.25, -0.2) is 9.18 Å². The molecule has 0 saturated carbocycles. The summed E-state index contributed by atoms with van der Waals surface area (Å²) in [6.07, 6.45) is 0. The lowest BCUT2D eigenvalue weighted by molar-refractivity contribution is -0.141. The van der Waals surface area contributed by atoms with E-state index in [0.29, 0.717) is 10.8 Å². The molecule has 0 aliphatic rings. The number of fused-ring (bicyclic) bond motifs is 1. The second-order valence-electron chi connectivity index (χ2n) is 4.57. The molecular formula is C15H14FNO3. The van der Waals surface area contributed by atoms with Crippen molar-refractivity contribution in [3.63, 3.8) is 0 Å². The summed E-state index contributed by atoms with van der Waals surface area (Å²) in [5, 5.41) is 9.77. The highest BCUT2D eigenvalue weighted by atomic mass is 19.1. The van der Waals surface area contributed by atoms with E-state index in [1.165, 1.54) is 26.1 Å². The van der Waals surface area contributed by atoms with E-state index in [2.05, 4.69) is 0 Å². The van der Waals surface area contributed by atoms with Crippen LogP contribution in [0.1, 0.15) is 17.3 Å². The summed E-state index contributed by atoms with van der Waals surface area (Å²) in [5.41, 5.74) is 0.289. The van der Waals surface area contributed by atoms with Crippen LogP contribution in [0, 0.1) is 5.82 Å². The summed E-state index contributed by atoms with van der Waals surface area (Å²) in [6.45, 7) is 1.42. The van der Waals surface area contributed by atoms with E-state index in [9.17, 15) is 14.0 Å². The van der Waals surface area contributed by atoms with Gasteiger partial charge in [-0.2, -0.15) is 0 Å². The molecule has 1 unspecified atom stereocenters. The monoisotopic (exact) mass is 275 g/mol. The Morgan fingerprint density at radius 3 is 2.35 bits per heavy atom. The predicted octanol–water partition coefficient (Wildman–Crippen LogP) is 2.52. The minimum Gasteiger partial charge on any atom is -0.480 e. The molecule has 0 aliphatic heterocycles. The lowest BCUT2D eigenvalue weighted by Gasteiger charge is -2.22. The summed E-state index contributed by atoms with van der Waals surface area (Å²) in [4.78, 5) is 24.4. The van der Waals surface area contributed by atoms with Crippen molar-refractivity contribution >= 4 is 22.6 Å². The van der Waals surface area contributed by atoms with Crippen LogP contribution in [0.4, 0.5) is 4.39 Å². The van der Waals surface area contributed by atoms with Crippen LogP contribution in [0.25, 0.3) is 10.8 Å². The van der Waals surface area contributed by atoms with Crippen molar-refractivity contribution in [3.05, 3.63) is 47.8 Å². The highest BCUT2D eigenvalue weighted by Gasteiger charge is 2.24. The van der Waals surface area contributed by atoms with Gasteiger partial charge in [0.1, 0.15) is 11.9 Å². The van der Waals surface area contributed by atoms with Gasteiger partial charge in [-0.05, 0) is 24.4 Å². The third-order valence-corrected chi connectivity index (χ3v) is 3.36. The third-order valence-electron chi connectivity index (χ3n) is 3.36. The number of rotatable bonds is 3. The number of halogens is 1. The number of benzene rings is 2. The smallest absolute Gasteiger partial charge is 0.326 e. The van der Waals surface area contributed by atoms with Gasteiger partial charge in [-0.1, -0.05) is 24.3 Å². The average Bonchev–Trinajstić information content (AvgIpc) is 2.45. The number of hydrogen-bond donors (Lipinski definition) is 1. The van der Waals surface area contributed by atoms with Crippen molar-refractivity contribution in [2.24, 2.45) is 0 Å². The van der Waals surface area contributed by atoms with Crippen LogP contribution in [-0.2, 0) is 4.79 Å². The summed E-state index contributed by atoms with van der Waals surface area (Å²) in [7, 11) is 1.42. The normalized spacial score (nSPS) is 12.2. The van der Waals surface area contributed by atoms with Crippen LogP contribution in [-0.4, -0.2) is 35.0 Å². The molecule has 104 valence electrons. The van der Waals surface area contributed by atoms with E-state index >= 15 is 0 Å². The van der Waals surface area contributed by atoms with E-state index in [1.54, 1.807) is 24.3 Å². The second-order valence-corrected chi connectivity index (χ2v) is 4.57. The van der Waals surface area contributed by atoms with Crippen molar-refractivity contribution in [3.8, 4) is 0 Å². The Balaban J connectivity index is 2.51. The van der Waals surface area contributed by atoms with Crippen LogP contribution in [0.2, 0.25) is 0 Å². The number of hydrogen-bond acceptors (Lipinski definition) is 2. The number of carboxylic acids is 1. The van der Waals surface area contributed by atoms with Crippen LogP contribution in [0.15, 0.2) is 36.4 Å². The minimum absolute atomic E-state index is 0.289. The van der Waals surface area contributed by atoms with Crippen molar-refractivity contribution in [2.75, 3.05) is 7.05 Å². The topological polar surface area (TPSA) is 57.6 Å². The van der Waals surface area contributed by atoms with Gasteiger partial charge in [0.2, 0.25) is 0 Å². The Hall–Kier alpha value is -2.43. The fourth-order valence-electron chi connectivity index (χ4n) is 1.98. The van der Waals surface area contributed by atoms with Crippen LogP contribution in [0.5, 0.6) is 0 Å². The van der Waals surface area contributed by atoms with Gasteiger partial charge < -0.3 is 10.0 Å². The zero-order valence-electron chi connectivity index (χ0n) is 11.1. The summed E-state index contributed by atoms with van der Waals surface area (Å²) >= 11 is 0. The largest absolute Gasteiger partial charge is 0.480 e. The third kappa shape index (κ3) is 2.34. The maximum Gasteiger partial charge on any atom is 0.326 e. The molecule has 0 radical (unpaired) electrons. The molecule has 0 aliphatic carbocycles. The molecule has 0 fully saturated rings. The van der Waals surface area contributed by atoms with Crippen LogP contribution >= 0.6 is 0 Å². The first kappa shape index (κ1) is 14.0. The van der Waals surface area contributed by atoms with Gasteiger partial charge in [0, 0.05) is 18.0 Å². The lowest BCUT2D eigenvalue weighted by atomic mass is 10.0. The zero-order valence-corrected chi connectivity index (χ0v) is 11.1. The molecule has 1 N–H and O–H groups in total. The number of aliphatic carboxylic acids is 1. The van der Waals surface area contributed by atoms with Crippen molar-refractivity contribution in [2.45, 2.75) is 13.0 Å². The van der Waals surface area contributed by atoms with Crippen molar-refractivity contribution in [1.29, 1.82) is 0 Å². The van der Waals surface area contributed by atoms with E-state index in [-0.39, 0.29) is 5.56 Å². The van der Waals surface area contributed by atoms with E-state index in [1.807, 2.05) is 0 Å². The Morgan fingerprint density at radius 1 is 1.15 bits per heavy atom. The van der Waals surface area contributed by atoms with Crippen molar-refractivity contribution in [1.82, 2.24) is 4.90 Å². The number of carboxylic acid groups (broad SMARTS) is 1. The Labute approximate surface area is 115 Å². The SMILES string of the molecule is CC(C(=O)O)N(C)C(=O)c1ccc(F)c2ccccc12. The molecule has 5 heteroatoms. The Kier molecular flexibility index (Phi) is 3.70. The number of likely N-dealkylation sites (N-methyl/N-ethyl adjacent to an activating group) is 1. The van der Waals surface area contributed by atoms with Gasteiger partial charge >= 0.3 is 5.97 Å². The summed E-state index contributed by atoms with van der Waals surface area (Å²) < 4.78 is 13.7. The quantitative estimate of drug-likeness (QED) is 0.936. The van der Waals surface area contributed by atoms with E-state index in [4.69, 9.17) is 5.11 Å². The Morgan fingerprint density at radius 2 is 1.75 bits per heavy atom. The fraction of sp³-hybridized carbons (Fsp3) is 0.200. The molecular weight excluding hydrogens is 261 g/mol. The first-order valence-electron chi connectivity index (χ1n) is 6.10. The molecule has 0 bridgehead atoms. The van der Waals surface area contributed by atoms with E-state index < -0.39 is 23.7 Å². The molecule has 0 spiro atoms. The zero-order chi connectivity index (χ0) is 14.9. The number of nitrogens with zero attached hydrogens (tertiary/aromatic N) is 1. The highest BCUT2D eigenvalue weighted by molar-refractivity contribution is 6.07. The molecule has 0 aromatic heterocycles. The van der Waals surface area contributed by atoms with Crippen LogP contribution in [0.3, 0.4) is 0 Å². The molecule has 1 atom stereocenters. The van der Waals surface area contributed by atoms with Gasteiger partial charge in [-0.15, -0.1) is 0 Å². The maximum atomic E-state index is 13.7. The molecule has 4 nitrogen and oxygen atoms in total. The molecule has 0 heterocycles. The summed E-state index contributed by atoms with van der Waals surface area (Å²) in [5.74, 6) is -1.95. The standard InChI is InChI=1S/C15H14FNO3/c1-9(15(19)20)17(2)14(18)12-7-8-13(16)11-6-4-3-5-10(11)12/h3-9H,1-2H3,(H,19,20). The van der Waals surface area contributed by atoms with Crippen LogP contribution < -0.4 is 0 Å². The number of carbonyl (C=O) groups excluding carboxylic acids is 1. The van der Waals surface area contributed by atoms with Gasteiger partial charge in [0.15, 0.2) is 0 Å². The first-order valence-corrected chi connectivity index (χ1v) is 6.10. The molecule has 0 saturated heterocycles. The van der Waals surface area contributed by atoms with Gasteiger partial charge in [0.05, 0.1) is 0 Å². The molecule has 2 rings (SSSR count). The molecule has 2 aromatic carbocycles. The molecule has 20 heavy (non-hydrogen) atoms. The van der Waals surface area contributed by atoms with Crippen molar-refractivity contribution < 1.29 is 19.1 Å². The molecule has 1 amide bonds. The first-order chi connectivity index (χ1) is 9.43. The molecule has 2 aromatic rings. The predicted molar refractivity (Wildman–Crippen MR) is 73.1 cm³/mol. The second kappa shape index (κ2) is 5.28. The number of amides is 1. The van der Waals surface area contributed by atoms with E-state index in [0.717, 1.165) is 4.90 Å².